The Morgan fingerprint density at radius 3 is 2.67 bits per heavy atom. The molecule has 18 heavy (non-hydrogen) atoms. The van der Waals surface area contributed by atoms with Crippen LogP contribution in [-0.4, -0.2) is 32.9 Å². The van der Waals surface area contributed by atoms with E-state index in [9.17, 15) is 0 Å². The highest BCUT2D eigenvalue weighted by molar-refractivity contribution is 7.99. The summed E-state index contributed by atoms with van der Waals surface area (Å²) in [6.45, 7) is 9.62. The second-order valence-electron chi connectivity index (χ2n) is 5.09. The highest BCUT2D eigenvalue weighted by Gasteiger charge is 2.28. The van der Waals surface area contributed by atoms with Gasteiger partial charge < -0.3 is 4.52 Å². The summed E-state index contributed by atoms with van der Waals surface area (Å²) >= 11 is 1.84. The van der Waals surface area contributed by atoms with E-state index in [1.54, 1.807) is 0 Å². The molecule has 1 aromatic heterocycles. The maximum Gasteiger partial charge on any atom is 0.240 e. The van der Waals surface area contributed by atoms with Gasteiger partial charge in [0.2, 0.25) is 5.89 Å². The van der Waals surface area contributed by atoms with Gasteiger partial charge in [-0.25, -0.2) is 0 Å². The quantitative estimate of drug-likeness (QED) is 0.820. The predicted octanol–water partition coefficient (Wildman–Crippen LogP) is 3.26. The van der Waals surface area contributed by atoms with E-state index in [0.717, 1.165) is 24.0 Å². The molecule has 0 saturated carbocycles. The third-order valence-corrected chi connectivity index (χ3v) is 4.76. The first-order valence-corrected chi connectivity index (χ1v) is 7.86. The molecule has 1 fully saturated rings. The Labute approximate surface area is 114 Å². The van der Waals surface area contributed by atoms with Gasteiger partial charge in [0, 0.05) is 12.1 Å². The lowest BCUT2D eigenvalue weighted by Crippen LogP contribution is -2.32. The van der Waals surface area contributed by atoms with Crippen molar-refractivity contribution in [1.29, 1.82) is 0 Å². The van der Waals surface area contributed by atoms with Gasteiger partial charge in [-0.05, 0) is 39.4 Å². The van der Waals surface area contributed by atoms with Crippen molar-refractivity contribution < 1.29 is 4.52 Å². The zero-order valence-corrected chi connectivity index (χ0v) is 12.5. The number of hydrogen-bond donors (Lipinski definition) is 0. The molecule has 102 valence electrons. The van der Waals surface area contributed by atoms with E-state index in [0.29, 0.717) is 17.3 Å². The van der Waals surface area contributed by atoms with Crippen molar-refractivity contribution in [3.05, 3.63) is 11.7 Å². The number of nitrogens with zero attached hydrogens (tertiary/aromatic N) is 3. The molecule has 5 heteroatoms. The summed E-state index contributed by atoms with van der Waals surface area (Å²) in [5.74, 6) is 2.66. The van der Waals surface area contributed by atoms with Gasteiger partial charge >= 0.3 is 0 Å². The SMILES string of the molecule is CCS[C@H](C)c1noc(CN2[C@H](C)CC[C@H]2C)n1. The molecule has 1 aromatic rings. The zero-order chi connectivity index (χ0) is 13.1. The summed E-state index contributed by atoms with van der Waals surface area (Å²) in [4.78, 5) is 6.97. The molecule has 0 radical (unpaired) electrons. The van der Waals surface area contributed by atoms with Crippen LogP contribution < -0.4 is 0 Å². The van der Waals surface area contributed by atoms with Gasteiger partial charge in [-0.2, -0.15) is 16.7 Å². The molecule has 1 saturated heterocycles. The van der Waals surface area contributed by atoms with Crippen LogP contribution >= 0.6 is 11.8 Å². The maximum absolute atomic E-state index is 5.37. The molecule has 0 spiro atoms. The summed E-state index contributed by atoms with van der Waals surface area (Å²) in [5, 5.41) is 4.41. The van der Waals surface area contributed by atoms with Crippen LogP contribution in [0.4, 0.5) is 0 Å². The first-order valence-electron chi connectivity index (χ1n) is 6.81. The number of thioether (sulfide) groups is 1. The van der Waals surface area contributed by atoms with E-state index >= 15 is 0 Å². The largest absolute Gasteiger partial charge is 0.338 e. The van der Waals surface area contributed by atoms with Gasteiger partial charge in [0.05, 0.1) is 11.8 Å². The average molecular weight is 269 g/mol. The van der Waals surface area contributed by atoms with Gasteiger partial charge in [-0.1, -0.05) is 12.1 Å². The monoisotopic (exact) mass is 269 g/mol. The Hall–Kier alpha value is -0.550. The van der Waals surface area contributed by atoms with Crippen molar-refractivity contribution >= 4 is 11.8 Å². The summed E-state index contributed by atoms with van der Waals surface area (Å²) in [6.07, 6.45) is 2.54. The number of rotatable bonds is 5. The Bertz CT molecular complexity index is 372. The van der Waals surface area contributed by atoms with Gasteiger partial charge in [0.15, 0.2) is 5.82 Å². The van der Waals surface area contributed by atoms with Crippen molar-refractivity contribution in [2.75, 3.05) is 5.75 Å². The highest BCUT2D eigenvalue weighted by Crippen LogP contribution is 2.27. The van der Waals surface area contributed by atoms with E-state index < -0.39 is 0 Å². The summed E-state index contributed by atoms with van der Waals surface area (Å²) in [5.41, 5.74) is 0. The van der Waals surface area contributed by atoms with Gasteiger partial charge in [0.1, 0.15) is 0 Å². The summed E-state index contributed by atoms with van der Waals surface area (Å²) < 4.78 is 5.37. The molecule has 2 heterocycles. The minimum Gasteiger partial charge on any atom is -0.338 e. The third-order valence-electron chi connectivity index (χ3n) is 3.72. The van der Waals surface area contributed by atoms with Crippen LogP contribution in [0.5, 0.6) is 0 Å². The van der Waals surface area contributed by atoms with Gasteiger partial charge in [-0.3, -0.25) is 4.90 Å². The number of likely N-dealkylation sites (tertiary alicyclic amines) is 1. The molecule has 1 aliphatic heterocycles. The zero-order valence-electron chi connectivity index (χ0n) is 11.7. The fourth-order valence-electron chi connectivity index (χ4n) is 2.54. The second-order valence-corrected chi connectivity index (χ2v) is 6.71. The van der Waals surface area contributed by atoms with Crippen LogP contribution in [-0.2, 0) is 6.54 Å². The predicted molar refractivity (Wildman–Crippen MR) is 74.5 cm³/mol. The van der Waals surface area contributed by atoms with Crippen molar-refractivity contribution in [3.8, 4) is 0 Å². The molecule has 0 N–H and O–H groups in total. The van der Waals surface area contributed by atoms with E-state index in [2.05, 4.69) is 42.7 Å². The smallest absolute Gasteiger partial charge is 0.240 e. The molecule has 0 amide bonds. The molecular formula is C13H23N3OS. The van der Waals surface area contributed by atoms with Crippen LogP contribution in [0.3, 0.4) is 0 Å². The van der Waals surface area contributed by atoms with Crippen molar-refractivity contribution in [2.24, 2.45) is 0 Å². The molecule has 4 nitrogen and oxygen atoms in total. The van der Waals surface area contributed by atoms with E-state index in [4.69, 9.17) is 4.52 Å². The lowest BCUT2D eigenvalue weighted by molar-refractivity contribution is 0.177. The first kappa shape index (κ1) is 13.9. The van der Waals surface area contributed by atoms with Crippen molar-refractivity contribution in [3.63, 3.8) is 0 Å². The highest BCUT2D eigenvalue weighted by atomic mass is 32.2. The molecule has 0 bridgehead atoms. The van der Waals surface area contributed by atoms with Crippen molar-refractivity contribution in [1.82, 2.24) is 15.0 Å². The fourth-order valence-corrected chi connectivity index (χ4v) is 3.28. The third kappa shape index (κ3) is 3.06. The average Bonchev–Trinajstić information content (AvgIpc) is 2.92. The minimum atomic E-state index is 0.320. The molecule has 1 aliphatic rings. The molecule has 0 aromatic carbocycles. The van der Waals surface area contributed by atoms with Gasteiger partial charge in [0.25, 0.3) is 0 Å². The second kappa shape index (κ2) is 6.06. The lowest BCUT2D eigenvalue weighted by Gasteiger charge is -2.23. The first-order chi connectivity index (χ1) is 8.61. The van der Waals surface area contributed by atoms with E-state index in [-0.39, 0.29) is 0 Å². The van der Waals surface area contributed by atoms with E-state index in [1.165, 1.54) is 12.8 Å². The van der Waals surface area contributed by atoms with Crippen LogP contribution in [0, 0.1) is 0 Å². The Kier molecular flexibility index (Phi) is 4.67. The van der Waals surface area contributed by atoms with Crippen LogP contribution in [0.15, 0.2) is 4.52 Å². The normalized spacial score (nSPS) is 26.7. The maximum atomic E-state index is 5.37. The van der Waals surface area contributed by atoms with Crippen molar-refractivity contribution in [2.45, 2.75) is 64.4 Å². The lowest BCUT2D eigenvalue weighted by atomic mass is 10.2. The Morgan fingerprint density at radius 2 is 2.06 bits per heavy atom. The minimum absolute atomic E-state index is 0.320. The number of aromatic nitrogens is 2. The molecule has 0 unspecified atom stereocenters. The van der Waals surface area contributed by atoms with Crippen LogP contribution in [0.2, 0.25) is 0 Å². The summed E-state index contributed by atoms with van der Waals surface area (Å²) in [7, 11) is 0. The topological polar surface area (TPSA) is 42.2 Å². The number of hydrogen-bond acceptors (Lipinski definition) is 5. The fraction of sp³-hybridized carbons (Fsp3) is 0.846. The summed E-state index contributed by atoms with van der Waals surface area (Å²) in [6, 6.07) is 1.25. The van der Waals surface area contributed by atoms with Crippen LogP contribution in [0.25, 0.3) is 0 Å². The molecule has 3 atom stereocenters. The standard InChI is InChI=1S/C13H23N3OS/c1-5-18-11(4)13-14-12(17-15-13)8-16-9(2)6-7-10(16)3/h9-11H,5-8H2,1-4H3/t9-,10-,11-/m1/s1. The molecular weight excluding hydrogens is 246 g/mol. The molecule has 0 aliphatic carbocycles. The Morgan fingerprint density at radius 1 is 1.39 bits per heavy atom. The molecule has 2 rings (SSSR count). The van der Waals surface area contributed by atoms with Crippen LogP contribution in [0.1, 0.15) is 57.5 Å². The Balaban J connectivity index is 1.98. The van der Waals surface area contributed by atoms with E-state index in [1.807, 2.05) is 11.8 Å². The van der Waals surface area contributed by atoms with Gasteiger partial charge in [-0.15, -0.1) is 0 Å².